The predicted molar refractivity (Wildman–Crippen MR) is 84.1 cm³/mol. The lowest BCUT2D eigenvalue weighted by Crippen LogP contribution is -2.40. The Morgan fingerprint density at radius 3 is 3.09 bits per heavy atom. The van der Waals surface area contributed by atoms with Crippen LogP contribution in [0.5, 0.6) is 0 Å². The van der Waals surface area contributed by atoms with Crippen LogP contribution in [0.15, 0.2) is 37.2 Å². The molecule has 0 unspecified atom stereocenters. The van der Waals surface area contributed by atoms with E-state index in [0.29, 0.717) is 17.8 Å². The second kappa shape index (κ2) is 5.49. The lowest BCUT2D eigenvalue weighted by Gasteiger charge is -2.33. The molecular formula is C16H18N6O. The molecule has 3 aromatic rings. The number of imidazole rings is 1. The van der Waals surface area contributed by atoms with Crippen molar-refractivity contribution >= 4 is 11.6 Å². The number of hydrogen-bond acceptors (Lipinski definition) is 4. The lowest BCUT2D eigenvalue weighted by atomic mass is 10.0. The van der Waals surface area contributed by atoms with Gasteiger partial charge in [-0.3, -0.25) is 4.79 Å². The Morgan fingerprint density at radius 2 is 2.26 bits per heavy atom. The monoisotopic (exact) mass is 310 g/mol. The molecule has 4 rings (SSSR count). The van der Waals surface area contributed by atoms with Gasteiger partial charge in [-0.15, -0.1) is 0 Å². The molecule has 0 bridgehead atoms. The van der Waals surface area contributed by atoms with Crippen molar-refractivity contribution in [3.63, 3.8) is 0 Å². The van der Waals surface area contributed by atoms with Gasteiger partial charge in [-0.1, -0.05) is 0 Å². The second-order valence-electron chi connectivity index (χ2n) is 5.95. The highest BCUT2D eigenvalue weighted by molar-refractivity contribution is 5.99. The van der Waals surface area contributed by atoms with Crippen molar-refractivity contribution in [1.29, 1.82) is 0 Å². The Morgan fingerprint density at radius 1 is 1.35 bits per heavy atom. The summed E-state index contributed by atoms with van der Waals surface area (Å²) in [5, 5.41) is 4.24. The number of amides is 1. The van der Waals surface area contributed by atoms with Crippen molar-refractivity contribution < 1.29 is 4.79 Å². The molecule has 4 heterocycles. The Balaban J connectivity index is 1.61. The van der Waals surface area contributed by atoms with Crippen LogP contribution in [0.4, 0.5) is 0 Å². The van der Waals surface area contributed by atoms with Gasteiger partial charge in [-0.25, -0.2) is 14.5 Å². The van der Waals surface area contributed by atoms with E-state index in [-0.39, 0.29) is 11.9 Å². The summed E-state index contributed by atoms with van der Waals surface area (Å²) in [6, 6.07) is 2.16. The minimum Gasteiger partial charge on any atom is -0.336 e. The summed E-state index contributed by atoms with van der Waals surface area (Å²) in [6.07, 6.45) is 11.0. The van der Waals surface area contributed by atoms with Crippen molar-refractivity contribution in [1.82, 2.24) is 29.0 Å². The number of nitrogens with zero attached hydrogens (tertiary/aromatic N) is 6. The van der Waals surface area contributed by atoms with Crippen LogP contribution in [0.1, 0.15) is 34.9 Å². The van der Waals surface area contributed by atoms with Gasteiger partial charge in [0.2, 0.25) is 0 Å². The number of carbonyl (C=O) groups is 1. The SMILES string of the molecule is Cc1ccn2ncc(C(=O)N3CCC[C@@H](n4ccnc4)C3)c2n1. The average molecular weight is 310 g/mol. The number of carbonyl (C=O) groups excluding carboxylic acids is 1. The van der Waals surface area contributed by atoms with Crippen molar-refractivity contribution in [2.24, 2.45) is 0 Å². The highest BCUT2D eigenvalue weighted by Crippen LogP contribution is 2.23. The summed E-state index contributed by atoms with van der Waals surface area (Å²) in [4.78, 5) is 23.4. The highest BCUT2D eigenvalue weighted by Gasteiger charge is 2.27. The fourth-order valence-electron chi connectivity index (χ4n) is 3.15. The maximum absolute atomic E-state index is 12.9. The molecule has 118 valence electrons. The minimum atomic E-state index is 0.00270. The van der Waals surface area contributed by atoms with Gasteiger partial charge in [0.25, 0.3) is 5.91 Å². The maximum Gasteiger partial charge on any atom is 0.259 e. The summed E-state index contributed by atoms with van der Waals surface area (Å²) in [6.45, 7) is 3.38. The van der Waals surface area contributed by atoms with Gasteiger partial charge in [-0.05, 0) is 25.8 Å². The van der Waals surface area contributed by atoms with E-state index in [9.17, 15) is 4.79 Å². The van der Waals surface area contributed by atoms with Gasteiger partial charge >= 0.3 is 0 Å². The molecule has 0 radical (unpaired) electrons. The van der Waals surface area contributed by atoms with Crippen molar-refractivity contribution in [2.75, 3.05) is 13.1 Å². The molecule has 1 saturated heterocycles. The standard InChI is InChI=1S/C16H18N6O/c1-12-4-7-22-15(19-12)14(9-18-22)16(23)20-6-2-3-13(10-20)21-8-5-17-11-21/h4-5,7-9,11,13H,2-3,6,10H2,1H3/t13-/m1/s1. The van der Waals surface area contributed by atoms with Crippen LogP contribution in [0.3, 0.4) is 0 Å². The van der Waals surface area contributed by atoms with Gasteiger partial charge in [0.1, 0.15) is 5.56 Å². The zero-order chi connectivity index (χ0) is 15.8. The fourth-order valence-corrected chi connectivity index (χ4v) is 3.15. The summed E-state index contributed by atoms with van der Waals surface area (Å²) in [5.41, 5.74) is 2.07. The van der Waals surface area contributed by atoms with Gasteiger partial charge in [0.05, 0.1) is 18.6 Å². The van der Waals surface area contributed by atoms with E-state index in [1.807, 2.05) is 36.6 Å². The van der Waals surface area contributed by atoms with Gasteiger partial charge < -0.3 is 9.47 Å². The molecular weight excluding hydrogens is 292 g/mol. The summed E-state index contributed by atoms with van der Waals surface area (Å²) >= 11 is 0. The Kier molecular flexibility index (Phi) is 3.33. The number of hydrogen-bond donors (Lipinski definition) is 0. The Labute approximate surface area is 133 Å². The molecule has 0 spiro atoms. The summed E-state index contributed by atoms with van der Waals surface area (Å²) in [5.74, 6) is 0.00270. The molecule has 0 saturated carbocycles. The van der Waals surface area contributed by atoms with Crippen LogP contribution >= 0.6 is 0 Å². The van der Waals surface area contributed by atoms with Crippen LogP contribution in [-0.2, 0) is 0 Å². The van der Waals surface area contributed by atoms with Gasteiger partial charge in [0, 0.05) is 37.4 Å². The molecule has 7 heteroatoms. The van der Waals surface area contributed by atoms with E-state index in [2.05, 4.69) is 19.6 Å². The van der Waals surface area contributed by atoms with Crippen LogP contribution in [-0.4, -0.2) is 48.0 Å². The number of likely N-dealkylation sites (tertiary alicyclic amines) is 1. The number of fused-ring (bicyclic) bond motifs is 1. The van der Waals surface area contributed by atoms with Crippen molar-refractivity contribution in [3.05, 3.63) is 48.4 Å². The number of aromatic nitrogens is 5. The Bertz CT molecular complexity index is 838. The first-order chi connectivity index (χ1) is 11.2. The van der Waals surface area contributed by atoms with Crippen LogP contribution in [0, 0.1) is 6.92 Å². The largest absolute Gasteiger partial charge is 0.336 e. The molecule has 1 amide bonds. The molecule has 0 aliphatic carbocycles. The normalized spacial score (nSPS) is 18.5. The molecule has 1 atom stereocenters. The van der Waals surface area contributed by atoms with E-state index in [0.717, 1.165) is 25.1 Å². The van der Waals surface area contributed by atoms with Crippen molar-refractivity contribution in [3.8, 4) is 0 Å². The number of rotatable bonds is 2. The third-order valence-corrected chi connectivity index (χ3v) is 4.37. The number of aryl methyl sites for hydroxylation is 1. The molecule has 1 fully saturated rings. The lowest BCUT2D eigenvalue weighted by molar-refractivity contribution is 0.0681. The molecule has 23 heavy (non-hydrogen) atoms. The van der Waals surface area contributed by atoms with E-state index in [4.69, 9.17) is 0 Å². The maximum atomic E-state index is 12.9. The smallest absolute Gasteiger partial charge is 0.259 e. The number of piperidine rings is 1. The third kappa shape index (κ3) is 2.48. The van der Waals surface area contributed by atoms with E-state index in [1.54, 1.807) is 16.9 Å². The molecule has 7 nitrogen and oxygen atoms in total. The summed E-state index contributed by atoms with van der Waals surface area (Å²) in [7, 11) is 0. The fraction of sp³-hybridized carbons (Fsp3) is 0.375. The van der Waals surface area contributed by atoms with Crippen molar-refractivity contribution in [2.45, 2.75) is 25.8 Å². The Hall–Kier alpha value is -2.70. The van der Waals surface area contributed by atoms with E-state index < -0.39 is 0 Å². The predicted octanol–water partition coefficient (Wildman–Crippen LogP) is 1.71. The third-order valence-electron chi connectivity index (χ3n) is 4.37. The van der Waals surface area contributed by atoms with Crippen LogP contribution in [0.25, 0.3) is 5.65 Å². The second-order valence-corrected chi connectivity index (χ2v) is 5.95. The van der Waals surface area contributed by atoms with Gasteiger partial charge in [0.15, 0.2) is 5.65 Å². The first-order valence-corrected chi connectivity index (χ1v) is 7.80. The first kappa shape index (κ1) is 13.9. The van der Waals surface area contributed by atoms with Crippen LogP contribution < -0.4 is 0 Å². The van der Waals surface area contributed by atoms with E-state index >= 15 is 0 Å². The molecule has 0 aromatic carbocycles. The molecule has 0 N–H and O–H groups in total. The molecule has 3 aromatic heterocycles. The zero-order valence-electron chi connectivity index (χ0n) is 13.0. The summed E-state index contributed by atoms with van der Waals surface area (Å²) < 4.78 is 3.73. The van der Waals surface area contributed by atoms with Gasteiger partial charge in [-0.2, -0.15) is 5.10 Å². The first-order valence-electron chi connectivity index (χ1n) is 7.80. The molecule has 1 aliphatic heterocycles. The minimum absolute atomic E-state index is 0.00270. The van der Waals surface area contributed by atoms with Crippen LogP contribution in [0.2, 0.25) is 0 Å². The quantitative estimate of drug-likeness (QED) is 0.722. The topological polar surface area (TPSA) is 68.3 Å². The average Bonchev–Trinajstić information content (AvgIpc) is 3.24. The highest BCUT2D eigenvalue weighted by atomic mass is 16.2. The zero-order valence-corrected chi connectivity index (χ0v) is 13.0. The van der Waals surface area contributed by atoms with E-state index in [1.165, 1.54) is 0 Å². The molecule has 1 aliphatic rings.